The summed E-state index contributed by atoms with van der Waals surface area (Å²) in [6, 6.07) is 12.0. The van der Waals surface area contributed by atoms with Crippen molar-refractivity contribution in [2.75, 3.05) is 0 Å². The lowest BCUT2D eigenvalue weighted by Crippen LogP contribution is -2.23. The van der Waals surface area contributed by atoms with Crippen LogP contribution in [-0.4, -0.2) is 10.9 Å². The number of aryl methyl sites for hydroxylation is 2. The predicted octanol–water partition coefficient (Wildman–Crippen LogP) is 2.64. The average Bonchev–Trinajstić information content (AvgIpc) is 2.44. The Bertz CT molecular complexity index is 537. The fraction of sp³-hybridized carbons (Fsp3) is 0.250. The number of aromatic nitrogens is 1. The van der Waals surface area contributed by atoms with Crippen molar-refractivity contribution in [3.05, 3.63) is 65.5 Å². The van der Waals surface area contributed by atoms with Crippen LogP contribution in [0.1, 0.15) is 23.1 Å². The molecule has 3 heteroatoms. The molecule has 2 aromatic rings. The molecule has 1 N–H and O–H groups in total. The van der Waals surface area contributed by atoms with E-state index in [1.165, 1.54) is 5.56 Å². The molecule has 1 aromatic carbocycles. The summed E-state index contributed by atoms with van der Waals surface area (Å²) in [4.78, 5) is 15.8. The summed E-state index contributed by atoms with van der Waals surface area (Å²) in [5.41, 5.74) is 3.44. The van der Waals surface area contributed by atoms with Crippen molar-refractivity contribution in [3.63, 3.8) is 0 Å². The van der Waals surface area contributed by atoms with Gasteiger partial charge in [0.2, 0.25) is 5.91 Å². The quantitative estimate of drug-likeness (QED) is 0.891. The maximum Gasteiger partial charge on any atom is 0.220 e. The molecule has 1 heterocycles. The number of nitrogens with one attached hydrogen (secondary N) is 1. The second-order valence-electron chi connectivity index (χ2n) is 4.63. The van der Waals surface area contributed by atoms with Gasteiger partial charge in [-0.05, 0) is 30.5 Å². The minimum Gasteiger partial charge on any atom is -0.352 e. The first kappa shape index (κ1) is 13.3. The summed E-state index contributed by atoms with van der Waals surface area (Å²) in [6.07, 6.45) is 4.76. The number of hydrogen-bond donors (Lipinski definition) is 1. The minimum absolute atomic E-state index is 0.0744. The second-order valence-corrected chi connectivity index (χ2v) is 4.63. The molecule has 0 aliphatic heterocycles. The number of carbonyl (C=O) groups excluding carboxylic acids is 1. The van der Waals surface area contributed by atoms with E-state index in [0.717, 1.165) is 17.5 Å². The smallest absolute Gasteiger partial charge is 0.220 e. The Morgan fingerprint density at radius 1 is 1.21 bits per heavy atom. The standard InChI is InChI=1S/C16H18N2O/c1-13-4-2-5-15(10-13)12-18-16(19)8-7-14-6-3-9-17-11-14/h2-6,9-11H,7-8,12H2,1H3,(H,18,19). The first-order chi connectivity index (χ1) is 9.24. The van der Waals surface area contributed by atoms with Gasteiger partial charge < -0.3 is 5.32 Å². The molecule has 0 spiro atoms. The maximum absolute atomic E-state index is 11.7. The van der Waals surface area contributed by atoms with Gasteiger partial charge in [-0.1, -0.05) is 35.9 Å². The van der Waals surface area contributed by atoms with E-state index in [1.54, 1.807) is 12.4 Å². The van der Waals surface area contributed by atoms with Crippen LogP contribution in [0.25, 0.3) is 0 Å². The Morgan fingerprint density at radius 3 is 2.79 bits per heavy atom. The molecule has 0 fully saturated rings. The summed E-state index contributed by atoms with van der Waals surface area (Å²) in [7, 11) is 0. The molecule has 2 rings (SSSR count). The lowest BCUT2D eigenvalue weighted by Gasteiger charge is -2.06. The van der Waals surface area contributed by atoms with Gasteiger partial charge in [0.1, 0.15) is 0 Å². The summed E-state index contributed by atoms with van der Waals surface area (Å²) in [5.74, 6) is 0.0744. The second kappa shape index (κ2) is 6.69. The van der Waals surface area contributed by atoms with Gasteiger partial charge in [0, 0.05) is 25.4 Å². The molecule has 19 heavy (non-hydrogen) atoms. The molecule has 3 nitrogen and oxygen atoms in total. The zero-order chi connectivity index (χ0) is 13.5. The van der Waals surface area contributed by atoms with Crippen LogP contribution in [-0.2, 0) is 17.8 Å². The van der Waals surface area contributed by atoms with Crippen LogP contribution in [0, 0.1) is 6.92 Å². The summed E-state index contributed by atoms with van der Waals surface area (Å²) >= 11 is 0. The van der Waals surface area contributed by atoms with Crippen molar-refractivity contribution in [1.82, 2.24) is 10.3 Å². The highest BCUT2D eigenvalue weighted by Crippen LogP contribution is 2.04. The van der Waals surface area contributed by atoms with E-state index in [4.69, 9.17) is 0 Å². The van der Waals surface area contributed by atoms with E-state index in [0.29, 0.717) is 13.0 Å². The summed E-state index contributed by atoms with van der Waals surface area (Å²) in [5, 5.41) is 2.94. The fourth-order valence-electron chi connectivity index (χ4n) is 1.92. The number of benzene rings is 1. The van der Waals surface area contributed by atoms with E-state index in [2.05, 4.69) is 16.4 Å². The molecule has 0 saturated heterocycles. The third-order valence-electron chi connectivity index (χ3n) is 2.94. The number of carbonyl (C=O) groups is 1. The summed E-state index contributed by atoms with van der Waals surface area (Å²) in [6.45, 7) is 2.64. The lowest BCUT2D eigenvalue weighted by atomic mass is 10.1. The van der Waals surface area contributed by atoms with E-state index in [-0.39, 0.29) is 5.91 Å². The van der Waals surface area contributed by atoms with Gasteiger partial charge >= 0.3 is 0 Å². The Labute approximate surface area is 113 Å². The normalized spacial score (nSPS) is 10.2. The van der Waals surface area contributed by atoms with Crippen molar-refractivity contribution in [2.24, 2.45) is 0 Å². The number of nitrogens with zero attached hydrogens (tertiary/aromatic N) is 1. The molecule has 0 aliphatic rings. The van der Waals surface area contributed by atoms with Gasteiger partial charge in [0.15, 0.2) is 0 Å². The van der Waals surface area contributed by atoms with Crippen LogP contribution in [0.2, 0.25) is 0 Å². The van der Waals surface area contributed by atoms with Crippen LogP contribution in [0.5, 0.6) is 0 Å². The molecular formula is C16H18N2O. The topological polar surface area (TPSA) is 42.0 Å². The van der Waals surface area contributed by atoms with Gasteiger partial charge in [-0.25, -0.2) is 0 Å². The highest BCUT2D eigenvalue weighted by atomic mass is 16.1. The first-order valence-electron chi connectivity index (χ1n) is 6.45. The predicted molar refractivity (Wildman–Crippen MR) is 75.6 cm³/mol. The molecule has 0 bridgehead atoms. The van der Waals surface area contributed by atoms with Crippen molar-refractivity contribution in [2.45, 2.75) is 26.3 Å². The monoisotopic (exact) mass is 254 g/mol. The number of pyridine rings is 1. The van der Waals surface area contributed by atoms with Gasteiger partial charge in [-0.3, -0.25) is 9.78 Å². The molecule has 0 saturated carbocycles. The lowest BCUT2D eigenvalue weighted by molar-refractivity contribution is -0.121. The molecule has 1 aromatic heterocycles. The van der Waals surface area contributed by atoms with Crippen molar-refractivity contribution >= 4 is 5.91 Å². The zero-order valence-corrected chi connectivity index (χ0v) is 11.1. The Hall–Kier alpha value is -2.16. The van der Waals surface area contributed by atoms with Gasteiger partial charge in [0.05, 0.1) is 0 Å². The average molecular weight is 254 g/mol. The van der Waals surface area contributed by atoms with Crippen molar-refractivity contribution in [1.29, 1.82) is 0 Å². The first-order valence-corrected chi connectivity index (χ1v) is 6.45. The van der Waals surface area contributed by atoms with Crippen LogP contribution in [0.3, 0.4) is 0 Å². The van der Waals surface area contributed by atoms with E-state index < -0.39 is 0 Å². The SMILES string of the molecule is Cc1cccc(CNC(=O)CCc2cccnc2)c1. The van der Waals surface area contributed by atoms with Crippen LogP contribution < -0.4 is 5.32 Å². The Morgan fingerprint density at radius 2 is 2.05 bits per heavy atom. The van der Waals surface area contributed by atoms with Crippen molar-refractivity contribution in [3.8, 4) is 0 Å². The third-order valence-corrected chi connectivity index (χ3v) is 2.94. The summed E-state index contributed by atoms with van der Waals surface area (Å²) < 4.78 is 0. The molecule has 0 aliphatic carbocycles. The molecule has 98 valence electrons. The number of rotatable bonds is 5. The molecule has 1 amide bonds. The van der Waals surface area contributed by atoms with Gasteiger partial charge in [0.25, 0.3) is 0 Å². The van der Waals surface area contributed by atoms with E-state index in [1.807, 2.05) is 37.3 Å². The number of hydrogen-bond acceptors (Lipinski definition) is 2. The third kappa shape index (κ3) is 4.54. The molecule has 0 atom stereocenters. The largest absolute Gasteiger partial charge is 0.352 e. The maximum atomic E-state index is 11.7. The molecule has 0 radical (unpaired) electrons. The van der Waals surface area contributed by atoms with Crippen LogP contribution in [0.4, 0.5) is 0 Å². The van der Waals surface area contributed by atoms with E-state index in [9.17, 15) is 4.79 Å². The molecular weight excluding hydrogens is 236 g/mol. The highest BCUT2D eigenvalue weighted by molar-refractivity contribution is 5.76. The minimum atomic E-state index is 0.0744. The Kier molecular flexibility index (Phi) is 4.67. The van der Waals surface area contributed by atoms with Gasteiger partial charge in [-0.2, -0.15) is 0 Å². The van der Waals surface area contributed by atoms with Gasteiger partial charge in [-0.15, -0.1) is 0 Å². The molecule has 0 unspecified atom stereocenters. The Balaban J connectivity index is 1.76. The highest BCUT2D eigenvalue weighted by Gasteiger charge is 2.02. The fourth-order valence-corrected chi connectivity index (χ4v) is 1.92. The zero-order valence-electron chi connectivity index (χ0n) is 11.1. The van der Waals surface area contributed by atoms with Crippen molar-refractivity contribution < 1.29 is 4.79 Å². The van der Waals surface area contributed by atoms with E-state index >= 15 is 0 Å². The van der Waals surface area contributed by atoms with Crippen LogP contribution >= 0.6 is 0 Å². The number of amides is 1. The van der Waals surface area contributed by atoms with Crippen LogP contribution in [0.15, 0.2) is 48.8 Å².